The van der Waals surface area contributed by atoms with Gasteiger partial charge in [-0.25, -0.2) is 0 Å². The molecule has 1 aromatic carbocycles. The summed E-state index contributed by atoms with van der Waals surface area (Å²) in [4.78, 5) is 14.2. The van der Waals surface area contributed by atoms with E-state index in [1.165, 1.54) is 24.3 Å². The summed E-state index contributed by atoms with van der Waals surface area (Å²) < 4.78 is 40.4. The van der Waals surface area contributed by atoms with Gasteiger partial charge in [0.15, 0.2) is 5.78 Å². The Bertz CT molecular complexity index is 542. The predicted octanol–water partition coefficient (Wildman–Crippen LogP) is 2.46. The zero-order chi connectivity index (χ0) is 16.5. The van der Waals surface area contributed by atoms with Crippen molar-refractivity contribution in [1.29, 1.82) is 0 Å². The van der Waals surface area contributed by atoms with Crippen LogP contribution >= 0.6 is 0 Å². The number of aliphatic hydroxyl groups excluding tert-OH is 1. The number of ketones is 1. The van der Waals surface area contributed by atoms with Crippen molar-refractivity contribution in [3.05, 3.63) is 29.8 Å². The van der Waals surface area contributed by atoms with Gasteiger partial charge < -0.3 is 9.84 Å². The van der Waals surface area contributed by atoms with Gasteiger partial charge in [0, 0.05) is 0 Å². The number of alkyl halides is 3. The fourth-order valence-corrected chi connectivity index (χ4v) is 3.00. The fourth-order valence-electron chi connectivity index (χ4n) is 3.00. The fraction of sp³-hybridized carbons (Fsp3) is 0.533. The minimum Gasteiger partial charge on any atom is -0.406 e. The number of nitrogens with zero attached hydrogens (tertiary/aromatic N) is 1. The molecule has 1 fully saturated rings. The number of hydrogen-bond donors (Lipinski definition) is 1. The van der Waals surface area contributed by atoms with Gasteiger partial charge in [-0.3, -0.25) is 9.69 Å². The minimum absolute atomic E-state index is 0.326. The molecule has 0 aromatic heterocycles. The Morgan fingerprint density at radius 2 is 1.86 bits per heavy atom. The Hall–Kier alpha value is -1.60. The van der Waals surface area contributed by atoms with Gasteiger partial charge in [-0.1, -0.05) is 12.1 Å². The summed E-state index contributed by atoms with van der Waals surface area (Å²) in [5.41, 5.74) is -0.468. The molecule has 0 amide bonds. The lowest BCUT2D eigenvalue weighted by Crippen LogP contribution is -2.54. The van der Waals surface area contributed by atoms with E-state index in [4.69, 9.17) is 0 Å². The van der Waals surface area contributed by atoms with Gasteiger partial charge in [0.2, 0.25) is 0 Å². The molecule has 0 bridgehead atoms. The van der Waals surface area contributed by atoms with E-state index in [2.05, 4.69) is 4.74 Å². The molecule has 1 aliphatic carbocycles. The lowest BCUT2D eigenvalue weighted by atomic mass is 9.73. The average molecular weight is 317 g/mol. The van der Waals surface area contributed by atoms with Crippen LogP contribution in [0.15, 0.2) is 24.3 Å². The molecule has 2 atom stereocenters. The number of ether oxygens (including phenoxy) is 1. The molecule has 22 heavy (non-hydrogen) atoms. The highest BCUT2D eigenvalue weighted by Gasteiger charge is 2.47. The highest BCUT2D eigenvalue weighted by atomic mass is 19.4. The first-order chi connectivity index (χ1) is 10.2. The molecule has 2 unspecified atom stereocenters. The molecule has 0 saturated heterocycles. The second-order valence-corrected chi connectivity index (χ2v) is 5.60. The van der Waals surface area contributed by atoms with Crippen LogP contribution < -0.4 is 4.74 Å². The number of rotatable bonds is 3. The van der Waals surface area contributed by atoms with Crippen LogP contribution in [0, 0.1) is 0 Å². The van der Waals surface area contributed by atoms with E-state index in [1.54, 1.807) is 19.0 Å². The summed E-state index contributed by atoms with van der Waals surface area (Å²) in [6.07, 6.45) is -4.23. The number of Topliss-reactive ketones (excluding diaryl/α,β-unsaturated/α-hetero) is 1. The van der Waals surface area contributed by atoms with Crippen molar-refractivity contribution in [3.8, 4) is 5.75 Å². The summed E-state index contributed by atoms with van der Waals surface area (Å²) in [6, 6.07) is 5.25. The zero-order valence-corrected chi connectivity index (χ0v) is 12.4. The van der Waals surface area contributed by atoms with Crippen LogP contribution in [0.4, 0.5) is 13.2 Å². The number of aliphatic hydroxyl groups is 1. The Balaban J connectivity index is 2.36. The Kier molecular flexibility index (Phi) is 4.49. The molecular weight excluding hydrogens is 299 g/mol. The van der Waals surface area contributed by atoms with E-state index < -0.39 is 18.0 Å². The van der Waals surface area contributed by atoms with Crippen molar-refractivity contribution in [1.82, 2.24) is 4.90 Å². The maximum Gasteiger partial charge on any atom is 0.573 e. The maximum absolute atomic E-state index is 12.5. The molecule has 1 aliphatic rings. The quantitative estimate of drug-likeness (QED) is 0.930. The molecule has 122 valence electrons. The van der Waals surface area contributed by atoms with Crippen molar-refractivity contribution in [3.63, 3.8) is 0 Å². The Morgan fingerprint density at radius 3 is 2.36 bits per heavy atom. The van der Waals surface area contributed by atoms with E-state index in [0.29, 0.717) is 24.8 Å². The molecule has 0 heterocycles. The molecule has 0 aliphatic heterocycles. The van der Waals surface area contributed by atoms with E-state index in [-0.39, 0.29) is 11.5 Å². The van der Waals surface area contributed by atoms with Crippen LogP contribution in [-0.4, -0.2) is 42.4 Å². The van der Waals surface area contributed by atoms with Crippen molar-refractivity contribution < 1.29 is 27.8 Å². The number of hydrogen-bond acceptors (Lipinski definition) is 4. The third-order valence-corrected chi connectivity index (χ3v) is 4.06. The molecule has 4 nitrogen and oxygen atoms in total. The number of halogens is 3. The van der Waals surface area contributed by atoms with Gasteiger partial charge in [-0.05, 0) is 51.1 Å². The van der Waals surface area contributed by atoms with E-state index in [9.17, 15) is 23.1 Å². The Morgan fingerprint density at radius 1 is 1.27 bits per heavy atom. The molecule has 7 heteroatoms. The van der Waals surface area contributed by atoms with Crippen molar-refractivity contribution >= 4 is 5.78 Å². The van der Waals surface area contributed by atoms with Crippen molar-refractivity contribution in [2.75, 3.05) is 14.1 Å². The largest absolute Gasteiger partial charge is 0.573 e. The standard InChI is InChI=1S/C15H18F3NO3/c1-19(2)14(9-3-4-12(20)13(14)21)10-5-7-11(8-6-10)22-15(16,17)18/h5-8,12,20H,3-4,9H2,1-2H3. The third-order valence-electron chi connectivity index (χ3n) is 4.06. The first-order valence-corrected chi connectivity index (χ1v) is 6.93. The number of benzene rings is 1. The summed E-state index contributed by atoms with van der Waals surface area (Å²) in [5, 5.41) is 9.88. The van der Waals surface area contributed by atoms with Crippen LogP contribution in [-0.2, 0) is 10.3 Å². The minimum atomic E-state index is -4.75. The van der Waals surface area contributed by atoms with E-state index in [1.807, 2.05) is 0 Å². The lowest BCUT2D eigenvalue weighted by Gasteiger charge is -2.43. The monoisotopic (exact) mass is 317 g/mol. The molecule has 0 radical (unpaired) electrons. The molecule has 0 spiro atoms. The van der Waals surface area contributed by atoms with Crippen LogP contribution in [0.3, 0.4) is 0 Å². The van der Waals surface area contributed by atoms with E-state index >= 15 is 0 Å². The molecular formula is C15H18F3NO3. The average Bonchev–Trinajstić information content (AvgIpc) is 2.41. The van der Waals surface area contributed by atoms with Crippen LogP contribution in [0.5, 0.6) is 5.75 Å². The highest BCUT2D eigenvalue weighted by molar-refractivity contribution is 5.93. The topological polar surface area (TPSA) is 49.8 Å². The summed E-state index contributed by atoms with van der Waals surface area (Å²) in [6.45, 7) is 0. The molecule has 1 saturated carbocycles. The molecule has 1 N–H and O–H groups in total. The first kappa shape index (κ1) is 16.8. The zero-order valence-electron chi connectivity index (χ0n) is 12.4. The van der Waals surface area contributed by atoms with E-state index in [0.717, 1.165) is 0 Å². The van der Waals surface area contributed by atoms with Gasteiger partial charge in [0.1, 0.15) is 17.4 Å². The van der Waals surface area contributed by atoms with Crippen LogP contribution in [0.2, 0.25) is 0 Å². The van der Waals surface area contributed by atoms with Gasteiger partial charge >= 0.3 is 6.36 Å². The first-order valence-electron chi connectivity index (χ1n) is 6.93. The number of likely N-dealkylation sites (N-methyl/N-ethyl adjacent to an activating group) is 1. The second-order valence-electron chi connectivity index (χ2n) is 5.60. The van der Waals surface area contributed by atoms with Gasteiger partial charge in [0.25, 0.3) is 0 Å². The van der Waals surface area contributed by atoms with Gasteiger partial charge in [0.05, 0.1) is 0 Å². The Labute approximate surface area is 126 Å². The van der Waals surface area contributed by atoms with Crippen LogP contribution in [0.25, 0.3) is 0 Å². The number of carbonyl (C=O) groups excluding carboxylic acids is 1. The van der Waals surface area contributed by atoms with Gasteiger partial charge in [-0.15, -0.1) is 13.2 Å². The maximum atomic E-state index is 12.5. The summed E-state index contributed by atoms with van der Waals surface area (Å²) in [5.74, 6) is -0.665. The second kappa shape index (κ2) is 5.89. The molecule has 2 rings (SSSR count). The van der Waals surface area contributed by atoms with Crippen LogP contribution in [0.1, 0.15) is 24.8 Å². The highest BCUT2D eigenvalue weighted by Crippen LogP contribution is 2.39. The lowest BCUT2D eigenvalue weighted by molar-refractivity contribution is -0.274. The SMILES string of the molecule is CN(C)C1(c2ccc(OC(F)(F)F)cc2)CCCC(O)C1=O. The molecule has 1 aromatic rings. The smallest absolute Gasteiger partial charge is 0.406 e. The number of carbonyl (C=O) groups is 1. The summed E-state index contributed by atoms with van der Waals surface area (Å²) >= 11 is 0. The van der Waals surface area contributed by atoms with Crippen molar-refractivity contribution in [2.45, 2.75) is 37.3 Å². The van der Waals surface area contributed by atoms with Crippen molar-refractivity contribution in [2.24, 2.45) is 0 Å². The summed E-state index contributed by atoms with van der Waals surface area (Å²) in [7, 11) is 3.44. The predicted molar refractivity (Wildman–Crippen MR) is 73.4 cm³/mol. The van der Waals surface area contributed by atoms with Gasteiger partial charge in [-0.2, -0.15) is 0 Å². The normalized spacial score (nSPS) is 26.3. The third kappa shape index (κ3) is 3.10.